The molecule has 1 heterocycles. The molecular weight excluding hydrogens is 270 g/mol. The van der Waals surface area contributed by atoms with Crippen LogP contribution in [0.1, 0.15) is 23.2 Å². The highest BCUT2D eigenvalue weighted by Gasteiger charge is 2.27. The number of carboxylic acids is 1. The van der Waals surface area contributed by atoms with Crippen LogP contribution in [0, 0.1) is 18.3 Å². The molecule has 0 radical (unpaired) electrons. The van der Waals surface area contributed by atoms with Gasteiger partial charge in [-0.15, -0.1) is 6.42 Å². The van der Waals surface area contributed by atoms with E-state index in [2.05, 4.69) is 5.92 Å². The number of ether oxygens (including phenoxy) is 1. The minimum atomic E-state index is -0.780. The highest BCUT2D eigenvalue weighted by Crippen LogP contribution is 2.20. The number of amides is 1. The number of nitrogens with zero attached hydrogens (tertiary/aromatic N) is 1. The van der Waals surface area contributed by atoms with E-state index in [0.717, 1.165) is 0 Å². The van der Waals surface area contributed by atoms with Crippen LogP contribution in [0.15, 0.2) is 24.3 Å². The molecule has 0 unspecified atom stereocenters. The molecule has 0 spiro atoms. The molecular formula is C16H17NO4. The average Bonchev–Trinajstić information content (AvgIpc) is 2.53. The number of rotatable bonds is 4. The first-order valence-electron chi connectivity index (χ1n) is 6.80. The number of piperidine rings is 1. The van der Waals surface area contributed by atoms with Gasteiger partial charge in [-0.2, -0.15) is 0 Å². The fraction of sp³-hybridized carbons (Fsp3) is 0.375. The lowest BCUT2D eigenvalue weighted by Gasteiger charge is -2.30. The van der Waals surface area contributed by atoms with E-state index in [4.69, 9.17) is 16.3 Å². The SMILES string of the molecule is C#CCOc1ccc(C(=O)N2CCC(C(=O)O)CC2)cc1. The summed E-state index contributed by atoms with van der Waals surface area (Å²) in [5, 5.41) is 8.95. The average molecular weight is 287 g/mol. The van der Waals surface area contributed by atoms with Crippen molar-refractivity contribution in [2.75, 3.05) is 19.7 Å². The molecule has 5 heteroatoms. The maximum atomic E-state index is 12.3. The molecule has 0 aliphatic carbocycles. The molecule has 1 aliphatic rings. The predicted octanol–water partition coefficient (Wildman–Crippen LogP) is 1.64. The number of hydrogen-bond acceptors (Lipinski definition) is 3. The van der Waals surface area contributed by atoms with Gasteiger partial charge in [0.15, 0.2) is 0 Å². The van der Waals surface area contributed by atoms with Crippen molar-refractivity contribution in [1.29, 1.82) is 0 Å². The van der Waals surface area contributed by atoms with Crippen LogP contribution in [0.3, 0.4) is 0 Å². The van der Waals surface area contributed by atoms with Gasteiger partial charge in [-0.3, -0.25) is 9.59 Å². The highest BCUT2D eigenvalue weighted by molar-refractivity contribution is 5.94. The van der Waals surface area contributed by atoms with Gasteiger partial charge in [0.25, 0.3) is 5.91 Å². The molecule has 1 fully saturated rings. The first kappa shape index (κ1) is 14.9. The Balaban J connectivity index is 1.95. The Morgan fingerprint density at radius 1 is 1.29 bits per heavy atom. The van der Waals surface area contributed by atoms with Gasteiger partial charge in [0, 0.05) is 18.7 Å². The summed E-state index contributed by atoms with van der Waals surface area (Å²) in [6.45, 7) is 1.15. The summed E-state index contributed by atoms with van der Waals surface area (Å²) < 4.78 is 5.25. The molecule has 110 valence electrons. The summed E-state index contributed by atoms with van der Waals surface area (Å²) in [7, 11) is 0. The lowest BCUT2D eigenvalue weighted by molar-refractivity contribution is -0.143. The zero-order valence-corrected chi connectivity index (χ0v) is 11.6. The third-order valence-electron chi connectivity index (χ3n) is 3.55. The van der Waals surface area contributed by atoms with Crippen molar-refractivity contribution < 1.29 is 19.4 Å². The maximum absolute atomic E-state index is 12.3. The van der Waals surface area contributed by atoms with Gasteiger partial charge in [-0.1, -0.05) is 5.92 Å². The molecule has 1 saturated heterocycles. The van der Waals surface area contributed by atoms with Crippen molar-refractivity contribution >= 4 is 11.9 Å². The van der Waals surface area contributed by atoms with Crippen molar-refractivity contribution in [1.82, 2.24) is 4.90 Å². The number of carbonyl (C=O) groups excluding carboxylic acids is 1. The number of carbonyl (C=O) groups is 2. The van der Waals surface area contributed by atoms with Crippen LogP contribution in [-0.2, 0) is 4.79 Å². The van der Waals surface area contributed by atoms with Crippen LogP contribution < -0.4 is 4.74 Å². The fourth-order valence-electron chi connectivity index (χ4n) is 2.33. The minimum absolute atomic E-state index is 0.0812. The van der Waals surface area contributed by atoms with E-state index < -0.39 is 5.97 Å². The lowest BCUT2D eigenvalue weighted by Crippen LogP contribution is -2.40. The first-order chi connectivity index (χ1) is 10.1. The minimum Gasteiger partial charge on any atom is -0.481 e. The molecule has 1 N–H and O–H groups in total. The Hall–Kier alpha value is -2.48. The number of carboxylic acid groups (broad SMARTS) is 1. The number of benzene rings is 1. The molecule has 0 aromatic heterocycles. The Morgan fingerprint density at radius 3 is 2.43 bits per heavy atom. The van der Waals surface area contributed by atoms with Crippen LogP contribution in [0.25, 0.3) is 0 Å². The van der Waals surface area contributed by atoms with E-state index in [9.17, 15) is 9.59 Å². The van der Waals surface area contributed by atoms with Crippen molar-refractivity contribution in [3.63, 3.8) is 0 Å². The third-order valence-corrected chi connectivity index (χ3v) is 3.55. The molecule has 21 heavy (non-hydrogen) atoms. The summed E-state index contributed by atoms with van der Waals surface area (Å²) in [4.78, 5) is 24.9. The van der Waals surface area contributed by atoms with Crippen LogP contribution >= 0.6 is 0 Å². The Labute approximate surface area is 123 Å². The molecule has 1 aromatic carbocycles. The second-order valence-corrected chi connectivity index (χ2v) is 4.92. The van der Waals surface area contributed by atoms with Gasteiger partial charge in [0.05, 0.1) is 5.92 Å². The first-order valence-corrected chi connectivity index (χ1v) is 6.80. The smallest absolute Gasteiger partial charge is 0.306 e. The van der Waals surface area contributed by atoms with E-state index in [0.29, 0.717) is 37.2 Å². The molecule has 0 bridgehead atoms. The lowest BCUT2D eigenvalue weighted by atomic mass is 9.96. The van der Waals surface area contributed by atoms with Gasteiger partial charge in [-0.05, 0) is 37.1 Å². The van der Waals surface area contributed by atoms with Crippen molar-refractivity contribution in [2.45, 2.75) is 12.8 Å². The van der Waals surface area contributed by atoms with Gasteiger partial charge in [-0.25, -0.2) is 0 Å². The van der Waals surface area contributed by atoms with E-state index in [1.165, 1.54) is 0 Å². The second-order valence-electron chi connectivity index (χ2n) is 4.92. The zero-order chi connectivity index (χ0) is 15.2. The predicted molar refractivity (Wildman–Crippen MR) is 77.0 cm³/mol. The van der Waals surface area contributed by atoms with E-state index >= 15 is 0 Å². The Morgan fingerprint density at radius 2 is 1.90 bits per heavy atom. The maximum Gasteiger partial charge on any atom is 0.306 e. The quantitative estimate of drug-likeness (QED) is 0.855. The topological polar surface area (TPSA) is 66.8 Å². The van der Waals surface area contributed by atoms with Crippen molar-refractivity contribution in [2.24, 2.45) is 5.92 Å². The summed E-state index contributed by atoms with van der Waals surface area (Å²) in [6.07, 6.45) is 6.12. The molecule has 0 atom stereocenters. The summed E-state index contributed by atoms with van der Waals surface area (Å²) in [5.41, 5.74) is 0.567. The molecule has 1 aromatic rings. The van der Waals surface area contributed by atoms with Crippen LogP contribution in [0.4, 0.5) is 0 Å². The number of aliphatic carboxylic acids is 1. The molecule has 1 aliphatic heterocycles. The summed E-state index contributed by atoms with van der Waals surface area (Å²) >= 11 is 0. The summed E-state index contributed by atoms with van der Waals surface area (Å²) in [5.74, 6) is 1.79. The normalized spacial score (nSPS) is 15.3. The van der Waals surface area contributed by atoms with Gasteiger partial charge < -0.3 is 14.7 Å². The Kier molecular flexibility index (Phi) is 4.83. The van der Waals surface area contributed by atoms with Crippen molar-refractivity contribution in [3.05, 3.63) is 29.8 Å². The summed E-state index contributed by atoms with van der Waals surface area (Å²) in [6, 6.07) is 6.79. The van der Waals surface area contributed by atoms with E-state index in [-0.39, 0.29) is 18.4 Å². The van der Waals surface area contributed by atoms with Crippen LogP contribution in [-0.4, -0.2) is 41.6 Å². The number of terminal acetylenes is 1. The molecule has 2 rings (SSSR count). The third kappa shape index (κ3) is 3.76. The highest BCUT2D eigenvalue weighted by atomic mass is 16.5. The molecule has 0 saturated carbocycles. The van der Waals surface area contributed by atoms with Crippen molar-refractivity contribution in [3.8, 4) is 18.1 Å². The standard InChI is InChI=1S/C16H17NO4/c1-2-11-21-14-5-3-12(4-6-14)15(18)17-9-7-13(8-10-17)16(19)20/h1,3-6,13H,7-11H2,(H,19,20). The fourth-order valence-corrected chi connectivity index (χ4v) is 2.33. The Bertz CT molecular complexity index is 551. The molecule has 1 amide bonds. The van der Waals surface area contributed by atoms with Gasteiger partial charge >= 0.3 is 5.97 Å². The van der Waals surface area contributed by atoms with Crippen LogP contribution in [0.2, 0.25) is 0 Å². The number of hydrogen-bond donors (Lipinski definition) is 1. The van der Waals surface area contributed by atoms with Crippen LogP contribution in [0.5, 0.6) is 5.75 Å². The van der Waals surface area contributed by atoms with Gasteiger partial charge in [0.2, 0.25) is 0 Å². The van der Waals surface area contributed by atoms with E-state index in [1.54, 1.807) is 29.2 Å². The van der Waals surface area contributed by atoms with E-state index in [1.807, 2.05) is 0 Å². The largest absolute Gasteiger partial charge is 0.481 e. The zero-order valence-electron chi connectivity index (χ0n) is 11.6. The molecule has 5 nitrogen and oxygen atoms in total. The second kappa shape index (κ2) is 6.80. The monoisotopic (exact) mass is 287 g/mol. The van der Waals surface area contributed by atoms with Gasteiger partial charge in [0.1, 0.15) is 12.4 Å². The number of likely N-dealkylation sites (tertiary alicyclic amines) is 1.